The molecule has 2 aromatic rings. The van der Waals surface area contributed by atoms with Crippen molar-refractivity contribution in [1.29, 1.82) is 0 Å². The smallest absolute Gasteiger partial charge is 0.243 e. The summed E-state index contributed by atoms with van der Waals surface area (Å²) in [6, 6.07) is 7.33. The Labute approximate surface area is 137 Å². The molecule has 0 unspecified atom stereocenters. The van der Waals surface area contributed by atoms with Gasteiger partial charge in [-0.25, -0.2) is 8.42 Å². The Morgan fingerprint density at radius 2 is 2.05 bits per heavy atom. The Hall–Kier alpha value is -0.730. The Balaban J connectivity index is 1.85. The van der Waals surface area contributed by atoms with Crippen molar-refractivity contribution in [3.63, 3.8) is 0 Å². The largest absolute Gasteiger partial charge is 0.309 e. The Bertz CT molecular complexity index is 771. The number of hydrogen-bond donors (Lipinski definition) is 1. The molecule has 0 saturated carbocycles. The second-order valence-corrected chi connectivity index (χ2v) is 8.98. The van der Waals surface area contributed by atoms with Crippen molar-refractivity contribution in [2.24, 2.45) is 0 Å². The third-order valence-electron chi connectivity index (χ3n) is 3.52. The van der Waals surface area contributed by atoms with Gasteiger partial charge in [0, 0.05) is 41.4 Å². The van der Waals surface area contributed by atoms with E-state index in [1.165, 1.54) is 9.87 Å². The minimum Gasteiger partial charge on any atom is -0.309 e. The molecule has 4 nitrogen and oxygen atoms in total. The number of fused-ring (bicyclic) bond motifs is 1. The van der Waals surface area contributed by atoms with E-state index in [1.54, 1.807) is 30.5 Å². The summed E-state index contributed by atoms with van der Waals surface area (Å²) >= 11 is 4.93. The fraction of sp³-hybridized carbons (Fsp3) is 0.286. The first-order valence-electron chi connectivity index (χ1n) is 6.48. The van der Waals surface area contributed by atoms with Crippen molar-refractivity contribution >= 4 is 37.3 Å². The molecule has 0 amide bonds. The van der Waals surface area contributed by atoms with Crippen LogP contribution in [0, 0.1) is 0 Å². The van der Waals surface area contributed by atoms with Gasteiger partial charge in [-0.3, -0.25) is 0 Å². The molecule has 0 spiro atoms. The molecular weight excluding hydrogens is 372 g/mol. The first-order chi connectivity index (χ1) is 9.96. The predicted molar refractivity (Wildman–Crippen MR) is 87.7 cm³/mol. The van der Waals surface area contributed by atoms with Gasteiger partial charge in [0.15, 0.2) is 0 Å². The third kappa shape index (κ3) is 3.07. The van der Waals surface area contributed by atoms with Crippen molar-refractivity contribution < 1.29 is 8.42 Å². The Kier molecular flexibility index (Phi) is 4.20. The molecule has 7 heteroatoms. The van der Waals surface area contributed by atoms with E-state index in [0.29, 0.717) is 11.4 Å². The van der Waals surface area contributed by atoms with Gasteiger partial charge in [0.25, 0.3) is 0 Å². The highest BCUT2D eigenvalue weighted by atomic mass is 79.9. The van der Waals surface area contributed by atoms with E-state index in [2.05, 4.69) is 21.2 Å². The highest BCUT2D eigenvalue weighted by Gasteiger charge is 2.23. The minimum atomic E-state index is -3.45. The van der Waals surface area contributed by atoms with Crippen LogP contribution in [0.4, 0.5) is 0 Å². The number of hydrogen-bond acceptors (Lipinski definition) is 4. The molecule has 0 radical (unpaired) electrons. The summed E-state index contributed by atoms with van der Waals surface area (Å²) in [4.78, 5) is 1.37. The topological polar surface area (TPSA) is 49.4 Å². The number of rotatable bonds is 4. The summed E-state index contributed by atoms with van der Waals surface area (Å²) in [5.41, 5.74) is 2.25. The fourth-order valence-corrected chi connectivity index (χ4v) is 5.14. The van der Waals surface area contributed by atoms with Crippen molar-refractivity contribution in [3.05, 3.63) is 50.1 Å². The highest BCUT2D eigenvalue weighted by Crippen LogP contribution is 2.25. The third-order valence-corrected chi connectivity index (χ3v) is 7.00. The number of nitrogens with zero attached hydrogens (tertiary/aromatic N) is 1. The van der Waals surface area contributed by atoms with Gasteiger partial charge in [-0.05, 0) is 45.3 Å². The molecule has 2 heterocycles. The normalized spacial score (nSPS) is 14.6. The highest BCUT2D eigenvalue weighted by molar-refractivity contribution is 9.10. The summed E-state index contributed by atoms with van der Waals surface area (Å²) in [5, 5.41) is 5.18. The maximum absolute atomic E-state index is 12.6. The number of benzene rings is 1. The zero-order valence-corrected chi connectivity index (χ0v) is 14.7. The van der Waals surface area contributed by atoms with E-state index in [1.807, 2.05) is 17.5 Å². The van der Waals surface area contributed by atoms with Gasteiger partial charge in [-0.15, -0.1) is 11.3 Å². The summed E-state index contributed by atoms with van der Waals surface area (Å²) < 4.78 is 27.7. The molecule has 0 bridgehead atoms. The molecule has 0 atom stereocenters. The molecule has 1 aliphatic rings. The van der Waals surface area contributed by atoms with Crippen LogP contribution >= 0.6 is 27.3 Å². The first kappa shape index (κ1) is 15.2. The molecule has 1 aromatic heterocycles. The van der Waals surface area contributed by atoms with Gasteiger partial charge >= 0.3 is 0 Å². The maximum atomic E-state index is 12.6. The lowest BCUT2D eigenvalue weighted by molar-refractivity contribution is 0.469. The summed E-state index contributed by atoms with van der Waals surface area (Å²) in [6.07, 6.45) is 0. The number of thiophene rings is 1. The average molecular weight is 387 g/mol. The first-order valence-corrected chi connectivity index (χ1v) is 9.60. The van der Waals surface area contributed by atoms with Gasteiger partial charge in [0.1, 0.15) is 0 Å². The van der Waals surface area contributed by atoms with Crippen LogP contribution in [-0.4, -0.2) is 19.8 Å². The monoisotopic (exact) mass is 386 g/mol. The standard InChI is InChI=1S/C14H15BrN2O2S2/c1-17(8-13-5-12(15)9-20-13)21(18,19)14-3-2-10-6-16-7-11(10)4-14/h2-5,9,16H,6-8H2,1H3. The van der Waals surface area contributed by atoms with Gasteiger partial charge in [0.2, 0.25) is 10.0 Å². The van der Waals surface area contributed by atoms with E-state index in [4.69, 9.17) is 0 Å². The molecule has 0 saturated heterocycles. The van der Waals surface area contributed by atoms with E-state index >= 15 is 0 Å². The summed E-state index contributed by atoms with van der Waals surface area (Å²) in [5.74, 6) is 0. The van der Waals surface area contributed by atoms with Crippen LogP contribution in [0.25, 0.3) is 0 Å². The SMILES string of the molecule is CN(Cc1cc(Br)cs1)S(=O)(=O)c1ccc2c(c1)CNC2. The zero-order valence-electron chi connectivity index (χ0n) is 11.5. The van der Waals surface area contributed by atoms with Crippen LogP contribution in [0.1, 0.15) is 16.0 Å². The second kappa shape index (κ2) is 5.81. The Morgan fingerprint density at radius 3 is 2.76 bits per heavy atom. The fourth-order valence-electron chi connectivity index (χ4n) is 2.35. The van der Waals surface area contributed by atoms with E-state index < -0.39 is 10.0 Å². The molecular formula is C14H15BrN2O2S2. The van der Waals surface area contributed by atoms with E-state index in [9.17, 15) is 8.42 Å². The van der Waals surface area contributed by atoms with Crippen LogP contribution in [0.3, 0.4) is 0 Å². The lowest BCUT2D eigenvalue weighted by Crippen LogP contribution is -2.26. The van der Waals surface area contributed by atoms with E-state index in [0.717, 1.165) is 28.0 Å². The second-order valence-electron chi connectivity index (χ2n) is 5.03. The van der Waals surface area contributed by atoms with Gasteiger partial charge < -0.3 is 5.32 Å². The molecule has 112 valence electrons. The quantitative estimate of drug-likeness (QED) is 0.878. The average Bonchev–Trinajstić information content (AvgIpc) is 3.06. The van der Waals surface area contributed by atoms with Crippen LogP contribution in [0.15, 0.2) is 39.0 Å². The molecule has 0 fully saturated rings. The van der Waals surface area contributed by atoms with Gasteiger partial charge in [-0.2, -0.15) is 4.31 Å². The lowest BCUT2D eigenvalue weighted by atomic mass is 10.1. The zero-order chi connectivity index (χ0) is 15.0. The van der Waals surface area contributed by atoms with Crippen LogP contribution < -0.4 is 5.32 Å². The lowest BCUT2D eigenvalue weighted by Gasteiger charge is -2.17. The molecule has 3 rings (SSSR count). The van der Waals surface area contributed by atoms with Crippen molar-refractivity contribution in [2.45, 2.75) is 24.5 Å². The van der Waals surface area contributed by atoms with Crippen molar-refractivity contribution in [3.8, 4) is 0 Å². The molecule has 0 aliphatic carbocycles. The number of halogens is 1. The predicted octanol–water partition coefficient (Wildman–Crippen LogP) is 2.93. The van der Waals surface area contributed by atoms with Crippen LogP contribution in [0.5, 0.6) is 0 Å². The maximum Gasteiger partial charge on any atom is 0.243 e. The molecule has 1 aromatic carbocycles. The van der Waals surface area contributed by atoms with E-state index in [-0.39, 0.29) is 0 Å². The number of nitrogens with one attached hydrogen (secondary N) is 1. The Morgan fingerprint density at radius 1 is 1.29 bits per heavy atom. The van der Waals surface area contributed by atoms with Crippen LogP contribution in [0.2, 0.25) is 0 Å². The van der Waals surface area contributed by atoms with Crippen molar-refractivity contribution in [2.75, 3.05) is 7.05 Å². The number of sulfonamides is 1. The molecule has 1 N–H and O–H groups in total. The molecule has 21 heavy (non-hydrogen) atoms. The van der Waals surface area contributed by atoms with Gasteiger partial charge in [0.05, 0.1) is 4.90 Å². The summed E-state index contributed by atoms with van der Waals surface area (Å²) in [7, 11) is -1.83. The minimum absolute atomic E-state index is 0.364. The van der Waals surface area contributed by atoms with Gasteiger partial charge in [-0.1, -0.05) is 6.07 Å². The summed E-state index contributed by atoms with van der Waals surface area (Å²) in [6.45, 7) is 1.93. The van der Waals surface area contributed by atoms with Crippen molar-refractivity contribution in [1.82, 2.24) is 9.62 Å². The van der Waals surface area contributed by atoms with Crippen LogP contribution in [-0.2, 0) is 29.7 Å². The molecule has 1 aliphatic heterocycles.